The van der Waals surface area contributed by atoms with Crippen molar-refractivity contribution in [3.05, 3.63) is 47.3 Å². The van der Waals surface area contributed by atoms with Crippen molar-refractivity contribution < 1.29 is 0 Å². The molecule has 1 aromatic carbocycles. The van der Waals surface area contributed by atoms with Gasteiger partial charge in [0.15, 0.2) is 0 Å². The minimum absolute atomic E-state index is 0.271. The average Bonchev–Trinajstić information content (AvgIpc) is 3.09. The Kier molecular flexibility index (Phi) is 4.00. The molecule has 0 radical (unpaired) electrons. The number of nitrogens with one attached hydrogen (secondary N) is 1. The normalized spacial score (nSPS) is 17.1. The number of hydrogen-bond donors (Lipinski definition) is 1. The van der Waals surface area contributed by atoms with Crippen LogP contribution in [-0.2, 0) is 0 Å². The van der Waals surface area contributed by atoms with E-state index in [-0.39, 0.29) is 6.04 Å². The van der Waals surface area contributed by atoms with Crippen LogP contribution in [-0.4, -0.2) is 9.55 Å². The molecule has 0 bridgehead atoms. The fourth-order valence-electron chi connectivity index (χ4n) is 3.22. The Morgan fingerprint density at radius 3 is 2.48 bits per heavy atom. The molecule has 0 aliphatic heterocycles. The number of imidazole rings is 1. The number of hydrogen-bond acceptors (Lipinski definition) is 2. The Morgan fingerprint density at radius 1 is 1.14 bits per heavy atom. The summed E-state index contributed by atoms with van der Waals surface area (Å²) in [5, 5.41) is 3.60. The number of aryl methyl sites for hydroxylation is 2. The van der Waals surface area contributed by atoms with Crippen molar-refractivity contribution in [1.82, 2.24) is 9.55 Å². The molecule has 1 aromatic heterocycles. The maximum Gasteiger partial charge on any atom is 0.203 e. The van der Waals surface area contributed by atoms with E-state index in [1.165, 1.54) is 36.8 Å². The van der Waals surface area contributed by atoms with Gasteiger partial charge >= 0.3 is 0 Å². The van der Waals surface area contributed by atoms with Crippen LogP contribution in [0.2, 0.25) is 0 Å². The zero-order chi connectivity index (χ0) is 14.8. The molecular weight excluding hydrogens is 258 g/mol. The highest BCUT2D eigenvalue weighted by Gasteiger charge is 2.21. The van der Waals surface area contributed by atoms with Gasteiger partial charge in [0, 0.05) is 12.2 Å². The first-order valence-electron chi connectivity index (χ1n) is 8.02. The Labute approximate surface area is 127 Å². The highest BCUT2D eigenvalue weighted by atomic mass is 15.2. The van der Waals surface area contributed by atoms with E-state index in [2.05, 4.69) is 61.1 Å². The monoisotopic (exact) mass is 283 g/mol. The Hall–Kier alpha value is -1.77. The predicted octanol–water partition coefficient (Wildman–Crippen LogP) is 4.79. The lowest BCUT2D eigenvalue weighted by atomic mass is 10.1. The van der Waals surface area contributed by atoms with Crippen molar-refractivity contribution in [2.24, 2.45) is 0 Å². The number of aromatic nitrogens is 2. The van der Waals surface area contributed by atoms with Gasteiger partial charge in [-0.3, -0.25) is 0 Å². The first-order valence-corrected chi connectivity index (χ1v) is 8.02. The standard InChI is InChI=1S/C18H25N3/c1-13-8-10-16(11-9-13)15(3)20-18-19-14(2)12-21(18)17-6-4-5-7-17/h8-12,15,17H,4-7H2,1-3H3,(H,19,20). The van der Waals surface area contributed by atoms with E-state index < -0.39 is 0 Å². The molecule has 3 rings (SSSR count). The van der Waals surface area contributed by atoms with Crippen molar-refractivity contribution >= 4 is 5.95 Å². The molecule has 1 unspecified atom stereocenters. The molecule has 21 heavy (non-hydrogen) atoms. The van der Waals surface area contributed by atoms with Crippen molar-refractivity contribution in [1.29, 1.82) is 0 Å². The van der Waals surface area contributed by atoms with Crippen LogP contribution in [0.15, 0.2) is 30.5 Å². The third-order valence-corrected chi connectivity index (χ3v) is 4.49. The van der Waals surface area contributed by atoms with Crippen LogP contribution in [0.5, 0.6) is 0 Å². The van der Waals surface area contributed by atoms with Crippen molar-refractivity contribution in [2.75, 3.05) is 5.32 Å². The molecule has 1 N–H and O–H groups in total. The van der Waals surface area contributed by atoms with Gasteiger partial charge < -0.3 is 9.88 Å². The predicted molar refractivity (Wildman–Crippen MR) is 87.7 cm³/mol. The van der Waals surface area contributed by atoms with Crippen molar-refractivity contribution in [2.45, 2.75) is 58.5 Å². The molecule has 1 saturated carbocycles. The fourth-order valence-corrected chi connectivity index (χ4v) is 3.22. The molecular formula is C18H25N3. The third-order valence-electron chi connectivity index (χ3n) is 4.49. The van der Waals surface area contributed by atoms with Crippen LogP contribution in [0, 0.1) is 13.8 Å². The zero-order valence-corrected chi connectivity index (χ0v) is 13.3. The number of rotatable bonds is 4. The molecule has 1 atom stereocenters. The third kappa shape index (κ3) is 3.12. The Bertz CT molecular complexity index is 591. The van der Waals surface area contributed by atoms with Gasteiger partial charge in [-0.2, -0.15) is 0 Å². The van der Waals surface area contributed by atoms with E-state index in [0.717, 1.165) is 11.6 Å². The van der Waals surface area contributed by atoms with E-state index in [1.54, 1.807) is 0 Å². The summed E-state index contributed by atoms with van der Waals surface area (Å²) in [5.41, 5.74) is 3.70. The van der Waals surface area contributed by atoms with Crippen LogP contribution in [0.3, 0.4) is 0 Å². The molecule has 0 spiro atoms. The lowest BCUT2D eigenvalue weighted by Gasteiger charge is -2.19. The molecule has 1 aliphatic rings. The summed E-state index contributed by atoms with van der Waals surface area (Å²) in [7, 11) is 0. The van der Waals surface area contributed by atoms with Crippen molar-refractivity contribution in [3.8, 4) is 0 Å². The molecule has 3 nitrogen and oxygen atoms in total. The number of nitrogens with zero attached hydrogens (tertiary/aromatic N) is 2. The van der Waals surface area contributed by atoms with Crippen LogP contribution >= 0.6 is 0 Å². The minimum Gasteiger partial charge on any atom is -0.349 e. The SMILES string of the molecule is Cc1ccc(C(C)Nc2nc(C)cn2C2CCCC2)cc1. The van der Waals surface area contributed by atoms with Gasteiger partial charge in [0.25, 0.3) is 0 Å². The second-order valence-electron chi connectivity index (χ2n) is 6.33. The molecule has 1 heterocycles. The van der Waals surface area contributed by atoms with Crippen molar-refractivity contribution in [3.63, 3.8) is 0 Å². The summed E-state index contributed by atoms with van der Waals surface area (Å²) in [6, 6.07) is 9.63. The number of benzene rings is 1. The first kappa shape index (κ1) is 14.2. The van der Waals surface area contributed by atoms with Gasteiger partial charge in [0.05, 0.1) is 11.7 Å². The summed E-state index contributed by atoms with van der Waals surface area (Å²) in [4.78, 5) is 4.69. The van der Waals surface area contributed by atoms with Crippen LogP contribution in [0.25, 0.3) is 0 Å². The summed E-state index contributed by atoms with van der Waals surface area (Å²) in [5.74, 6) is 1.02. The van der Waals surface area contributed by atoms with E-state index in [4.69, 9.17) is 4.98 Å². The topological polar surface area (TPSA) is 29.9 Å². The second kappa shape index (κ2) is 5.92. The van der Waals surface area contributed by atoms with Gasteiger partial charge in [0.2, 0.25) is 5.95 Å². The quantitative estimate of drug-likeness (QED) is 0.874. The van der Waals surface area contributed by atoms with Gasteiger partial charge in [-0.1, -0.05) is 42.7 Å². The molecule has 1 fully saturated rings. The van der Waals surface area contributed by atoms with E-state index in [1.807, 2.05) is 0 Å². The molecule has 112 valence electrons. The van der Waals surface area contributed by atoms with Gasteiger partial charge in [0.1, 0.15) is 0 Å². The van der Waals surface area contributed by atoms with E-state index in [9.17, 15) is 0 Å². The van der Waals surface area contributed by atoms with Gasteiger partial charge in [-0.25, -0.2) is 4.98 Å². The lowest BCUT2D eigenvalue weighted by Crippen LogP contribution is -2.14. The largest absolute Gasteiger partial charge is 0.349 e. The second-order valence-corrected chi connectivity index (χ2v) is 6.33. The van der Waals surface area contributed by atoms with Crippen LogP contribution in [0.1, 0.15) is 61.5 Å². The molecule has 2 aromatic rings. The smallest absolute Gasteiger partial charge is 0.203 e. The summed E-state index contributed by atoms with van der Waals surface area (Å²) in [6.45, 7) is 6.40. The van der Waals surface area contributed by atoms with Gasteiger partial charge in [-0.05, 0) is 39.2 Å². The Morgan fingerprint density at radius 2 is 1.81 bits per heavy atom. The highest BCUT2D eigenvalue weighted by molar-refractivity contribution is 5.35. The van der Waals surface area contributed by atoms with Crippen LogP contribution in [0.4, 0.5) is 5.95 Å². The summed E-state index contributed by atoms with van der Waals surface area (Å²) >= 11 is 0. The lowest BCUT2D eigenvalue weighted by molar-refractivity contribution is 0.520. The fraction of sp³-hybridized carbons (Fsp3) is 0.500. The molecule has 3 heteroatoms. The molecule has 1 aliphatic carbocycles. The summed E-state index contributed by atoms with van der Waals surface area (Å²) < 4.78 is 2.35. The number of anilines is 1. The molecule has 0 saturated heterocycles. The average molecular weight is 283 g/mol. The first-order chi connectivity index (χ1) is 10.1. The summed E-state index contributed by atoms with van der Waals surface area (Å²) in [6.07, 6.45) is 7.44. The highest BCUT2D eigenvalue weighted by Crippen LogP contribution is 2.33. The van der Waals surface area contributed by atoms with E-state index >= 15 is 0 Å². The van der Waals surface area contributed by atoms with E-state index in [0.29, 0.717) is 6.04 Å². The molecule has 0 amide bonds. The zero-order valence-electron chi connectivity index (χ0n) is 13.3. The maximum atomic E-state index is 4.69. The maximum absolute atomic E-state index is 4.69. The van der Waals surface area contributed by atoms with Crippen LogP contribution < -0.4 is 5.32 Å². The van der Waals surface area contributed by atoms with Gasteiger partial charge in [-0.15, -0.1) is 0 Å². The minimum atomic E-state index is 0.271. The Balaban J connectivity index is 1.79.